The number of hydrogen-bond acceptors (Lipinski definition) is 7. The van der Waals surface area contributed by atoms with E-state index in [0.717, 1.165) is 32.1 Å². The normalized spacial score (nSPS) is 13.4. The van der Waals surface area contributed by atoms with Crippen molar-refractivity contribution in [1.82, 2.24) is 0 Å². The van der Waals surface area contributed by atoms with Gasteiger partial charge in [0.25, 0.3) is 0 Å². The van der Waals surface area contributed by atoms with Crippen LogP contribution < -0.4 is 0 Å². The minimum Gasteiger partial charge on any atom is -0.462 e. The second-order valence-electron chi connectivity index (χ2n) is 19.6. The van der Waals surface area contributed by atoms with Gasteiger partial charge in [-0.05, 0) is 38.5 Å². The molecule has 0 aromatic heterocycles. The Morgan fingerprint density at radius 3 is 1.17 bits per heavy atom. The highest BCUT2D eigenvalue weighted by Crippen LogP contribution is 2.43. The molecule has 10 heteroatoms. The van der Waals surface area contributed by atoms with Gasteiger partial charge in [0.2, 0.25) is 0 Å². The van der Waals surface area contributed by atoms with E-state index in [1.54, 1.807) is 0 Å². The molecule has 0 saturated heterocycles. The fraction of sp³-hybridized carbons (Fsp3) is 0.925. The summed E-state index contributed by atoms with van der Waals surface area (Å²) in [5.74, 6) is -0.782. The molecule has 0 aromatic carbocycles. The standard InChI is InChI=1S/C53H104NO8P/c1-6-8-10-12-14-16-18-20-22-24-26-27-28-30-32-34-36-38-40-42-44-46-53(56)62-51(50-61-63(57,58)60-48-47-54(3,4)5)49-59-52(55)45-43-41-39-37-35-33-31-29-25-23-21-19-17-15-13-11-9-7-2/h20,22,51H,6-19,21,23-50H2,1-5H3/p+1/b22-20+/t51-/m1/s1. The van der Waals surface area contributed by atoms with Crippen molar-refractivity contribution >= 4 is 19.8 Å². The molecule has 1 N–H and O–H groups in total. The van der Waals surface area contributed by atoms with E-state index in [4.69, 9.17) is 18.5 Å². The lowest BCUT2D eigenvalue weighted by Crippen LogP contribution is -2.37. The second-order valence-corrected chi connectivity index (χ2v) is 21.1. The minimum absolute atomic E-state index is 0.0353. The molecule has 0 radical (unpaired) electrons. The fourth-order valence-electron chi connectivity index (χ4n) is 7.84. The Hall–Kier alpha value is -1.25. The number of esters is 2. The summed E-state index contributed by atoms with van der Waals surface area (Å²) in [5, 5.41) is 0. The molecule has 9 nitrogen and oxygen atoms in total. The molecule has 2 atom stereocenters. The van der Waals surface area contributed by atoms with Crippen LogP contribution in [0.1, 0.15) is 264 Å². The fourth-order valence-corrected chi connectivity index (χ4v) is 8.58. The first-order valence-corrected chi connectivity index (χ1v) is 28.4. The van der Waals surface area contributed by atoms with Gasteiger partial charge in [-0.1, -0.05) is 225 Å². The molecule has 1 unspecified atom stereocenters. The van der Waals surface area contributed by atoms with Crippen LogP contribution in [0, 0.1) is 0 Å². The molecular weight excluding hydrogens is 810 g/mol. The Morgan fingerprint density at radius 1 is 0.476 bits per heavy atom. The number of allylic oxidation sites excluding steroid dienone is 2. The Labute approximate surface area is 390 Å². The molecule has 0 aliphatic carbocycles. The Balaban J connectivity index is 4.18. The highest BCUT2D eigenvalue weighted by Gasteiger charge is 2.27. The zero-order chi connectivity index (χ0) is 46.4. The van der Waals surface area contributed by atoms with Gasteiger partial charge in [-0.2, -0.15) is 0 Å². The summed E-state index contributed by atoms with van der Waals surface area (Å²) in [4.78, 5) is 35.6. The number of hydrogen-bond donors (Lipinski definition) is 1. The average Bonchev–Trinajstić information content (AvgIpc) is 3.24. The van der Waals surface area contributed by atoms with Crippen LogP contribution in [0.3, 0.4) is 0 Å². The lowest BCUT2D eigenvalue weighted by atomic mass is 10.0. The van der Waals surface area contributed by atoms with Crippen LogP contribution in [0.15, 0.2) is 12.2 Å². The third-order valence-corrected chi connectivity index (χ3v) is 13.0. The van der Waals surface area contributed by atoms with Gasteiger partial charge >= 0.3 is 19.8 Å². The molecule has 0 aliphatic rings. The van der Waals surface area contributed by atoms with E-state index in [2.05, 4.69) is 26.0 Å². The van der Waals surface area contributed by atoms with E-state index in [0.29, 0.717) is 23.9 Å². The number of phosphoric acid groups is 1. The molecule has 0 spiro atoms. The summed E-state index contributed by atoms with van der Waals surface area (Å²) in [5.41, 5.74) is 0. The van der Waals surface area contributed by atoms with Crippen molar-refractivity contribution in [3.63, 3.8) is 0 Å². The van der Waals surface area contributed by atoms with Gasteiger partial charge in [0.1, 0.15) is 19.8 Å². The first-order chi connectivity index (χ1) is 30.5. The molecule has 63 heavy (non-hydrogen) atoms. The lowest BCUT2D eigenvalue weighted by Gasteiger charge is -2.24. The van der Waals surface area contributed by atoms with Crippen molar-refractivity contribution in [2.75, 3.05) is 47.5 Å². The van der Waals surface area contributed by atoms with Crippen LogP contribution in [0.2, 0.25) is 0 Å². The Kier molecular flexibility index (Phi) is 45.0. The predicted molar refractivity (Wildman–Crippen MR) is 266 cm³/mol. The van der Waals surface area contributed by atoms with Gasteiger partial charge in [0.15, 0.2) is 6.10 Å². The number of phosphoric ester groups is 1. The van der Waals surface area contributed by atoms with Crippen LogP contribution in [-0.4, -0.2) is 74.9 Å². The number of likely N-dealkylation sites (N-methyl/N-ethyl adjacent to an activating group) is 1. The molecule has 0 aliphatic heterocycles. The summed E-state index contributed by atoms with van der Waals surface area (Å²) in [6.07, 6.45) is 51.2. The van der Waals surface area contributed by atoms with E-state index in [-0.39, 0.29) is 25.6 Å². The van der Waals surface area contributed by atoms with Gasteiger partial charge in [0.05, 0.1) is 27.7 Å². The number of carbonyl (C=O) groups is 2. The van der Waals surface area contributed by atoms with Crippen molar-refractivity contribution in [3.8, 4) is 0 Å². The van der Waals surface area contributed by atoms with E-state index in [1.807, 2.05) is 21.1 Å². The monoisotopic (exact) mass is 915 g/mol. The van der Waals surface area contributed by atoms with Crippen LogP contribution in [0.5, 0.6) is 0 Å². The first-order valence-electron chi connectivity index (χ1n) is 26.9. The van der Waals surface area contributed by atoms with Crippen LogP contribution in [-0.2, 0) is 32.7 Å². The van der Waals surface area contributed by atoms with Crippen molar-refractivity contribution in [2.45, 2.75) is 270 Å². The number of carbonyl (C=O) groups excluding carboxylic acids is 2. The number of nitrogens with zero attached hydrogens (tertiary/aromatic N) is 1. The third-order valence-electron chi connectivity index (χ3n) is 12.0. The third kappa shape index (κ3) is 50.0. The molecule has 374 valence electrons. The molecule has 0 amide bonds. The molecule has 0 rings (SSSR count). The maximum Gasteiger partial charge on any atom is 0.472 e. The first kappa shape index (κ1) is 61.8. The number of unbranched alkanes of at least 4 members (excludes halogenated alkanes) is 34. The van der Waals surface area contributed by atoms with E-state index < -0.39 is 26.5 Å². The van der Waals surface area contributed by atoms with Gasteiger partial charge in [0, 0.05) is 12.8 Å². The van der Waals surface area contributed by atoms with Crippen LogP contribution >= 0.6 is 7.82 Å². The minimum atomic E-state index is -4.38. The Bertz CT molecular complexity index is 1080. The van der Waals surface area contributed by atoms with Gasteiger partial charge in [-0.25, -0.2) is 4.57 Å². The maximum atomic E-state index is 12.8. The number of ether oxygens (including phenoxy) is 2. The van der Waals surface area contributed by atoms with E-state index in [1.165, 1.54) is 199 Å². The predicted octanol–water partition coefficient (Wildman–Crippen LogP) is 16.1. The van der Waals surface area contributed by atoms with Crippen molar-refractivity contribution < 1.29 is 42.1 Å². The van der Waals surface area contributed by atoms with E-state index >= 15 is 0 Å². The summed E-state index contributed by atoms with van der Waals surface area (Å²) in [7, 11) is 1.49. The van der Waals surface area contributed by atoms with E-state index in [9.17, 15) is 19.0 Å². The topological polar surface area (TPSA) is 108 Å². The largest absolute Gasteiger partial charge is 0.472 e. The molecule has 0 saturated carbocycles. The summed E-state index contributed by atoms with van der Waals surface area (Å²) in [6, 6.07) is 0. The second kappa shape index (κ2) is 45.9. The molecular formula is C53H105NO8P+. The maximum absolute atomic E-state index is 12.8. The van der Waals surface area contributed by atoms with Gasteiger partial charge in [-0.3, -0.25) is 18.6 Å². The molecule has 0 heterocycles. The average molecular weight is 915 g/mol. The van der Waals surface area contributed by atoms with Gasteiger partial charge < -0.3 is 18.9 Å². The molecule has 0 aromatic rings. The van der Waals surface area contributed by atoms with Gasteiger partial charge in [-0.15, -0.1) is 0 Å². The summed E-state index contributed by atoms with van der Waals surface area (Å²) in [6.45, 7) is 4.48. The highest BCUT2D eigenvalue weighted by molar-refractivity contribution is 7.47. The zero-order valence-electron chi connectivity index (χ0n) is 42.3. The summed E-state index contributed by atoms with van der Waals surface area (Å²) >= 11 is 0. The molecule has 0 bridgehead atoms. The lowest BCUT2D eigenvalue weighted by molar-refractivity contribution is -0.870. The quantitative estimate of drug-likeness (QED) is 0.0211. The van der Waals surface area contributed by atoms with Crippen molar-refractivity contribution in [1.29, 1.82) is 0 Å². The van der Waals surface area contributed by atoms with Crippen LogP contribution in [0.25, 0.3) is 0 Å². The number of quaternary nitrogens is 1. The molecule has 0 fully saturated rings. The smallest absolute Gasteiger partial charge is 0.462 e. The SMILES string of the molecule is CCCCCCCC/C=C/CCCCCCCCCCCCCC(=O)O[C@H](COC(=O)CCCCCCCCCCCCCCCCCCCC)COP(=O)(O)OCC[N+](C)(C)C. The van der Waals surface area contributed by atoms with Crippen LogP contribution in [0.4, 0.5) is 0 Å². The summed E-state index contributed by atoms with van der Waals surface area (Å²) < 4.78 is 34.5. The van der Waals surface area contributed by atoms with Crippen molar-refractivity contribution in [2.24, 2.45) is 0 Å². The highest BCUT2D eigenvalue weighted by atomic mass is 31.2. The zero-order valence-corrected chi connectivity index (χ0v) is 43.2. The Morgan fingerprint density at radius 2 is 0.810 bits per heavy atom. The number of rotatable bonds is 50. The van der Waals surface area contributed by atoms with Crippen molar-refractivity contribution in [3.05, 3.63) is 12.2 Å².